The number of imide groups is 1. The minimum atomic E-state index is -0.872. The van der Waals surface area contributed by atoms with Crippen molar-refractivity contribution in [3.63, 3.8) is 0 Å². The average Bonchev–Trinajstić information content (AvgIpc) is 2.59. The van der Waals surface area contributed by atoms with Crippen LogP contribution in [0.1, 0.15) is 20.8 Å². The number of terminal acetylenes is 1. The van der Waals surface area contributed by atoms with Gasteiger partial charge in [-0.05, 0) is 39.0 Å². The Morgan fingerprint density at radius 2 is 1.71 bits per heavy atom. The molecule has 21 heavy (non-hydrogen) atoms. The van der Waals surface area contributed by atoms with Gasteiger partial charge < -0.3 is 0 Å². The van der Waals surface area contributed by atoms with Crippen LogP contribution in [-0.2, 0) is 4.79 Å². The third-order valence-electron chi connectivity index (χ3n) is 3.42. The first-order chi connectivity index (χ1) is 9.69. The van der Waals surface area contributed by atoms with Gasteiger partial charge in [0.2, 0.25) is 0 Å². The summed E-state index contributed by atoms with van der Waals surface area (Å²) in [6.45, 7) is 5.07. The van der Waals surface area contributed by atoms with Crippen LogP contribution in [0.3, 0.4) is 0 Å². The Kier molecular flexibility index (Phi) is 3.92. The SMILES string of the molecule is C#CC(C)(C)N1C(=O)N(c2cc(Cl)cc(Cl)c2)C(=O)C1C. The lowest BCUT2D eigenvalue weighted by Gasteiger charge is -2.32. The number of carbonyl (C=O) groups excluding carboxylic acids is 2. The van der Waals surface area contributed by atoms with Gasteiger partial charge in [0.25, 0.3) is 5.91 Å². The van der Waals surface area contributed by atoms with Gasteiger partial charge in [-0.3, -0.25) is 9.69 Å². The molecule has 0 saturated carbocycles. The molecule has 3 amide bonds. The van der Waals surface area contributed by atoms with Gasteiger partial charge in [-0.2, -0.15) is 0 Å². The number of halogens is 2. The highest BCUT2D eigenvalue weighted by atomic mass is 35.5. The highest BCUT2D eigenvalue weighted by molar-refractivity contribution is 6.35. The normalized spacial score (nSPS) is 19.1. The van der Waals surface area contributed by atoms with Gasteiger partial charge in [-0.1, -0.05) is 29.1 Å². The fourth-order valence-electron chi connectivity index (χ4n) is 2.36. The molecule has 0 aliphatic carbocycles. The van der Waals surface area contributed by atoms with Crippen molar-refractivity contribution in [1.82, 2.24) is 4.90 Å². The molecule has 0 aromatic heterocycles. The van der Waals surface area contributed by atoms with E-state index in [0.717, 1.165) is 4.90 Å². The van der Waals surface area contributed by atoms with Gasteiger partial charge in [0, 0.05) is 10.0 Å². The second kappa shape index (κ2) is 5.25. The third-order valence-corrected chi connectivity index (χ3v) is 3.86. The lowest BCUT2D eigenvalue weighted by molar-refractivity contribution is -0.119. The molecule has 4 nitrogen and oxygen atoms in total. The molecular weight excluding hydrogens is 311 g/mol. The van der Waals surface area contributed by atoms with Crippen LogP contribution in [0, 0.1) is 12.3 Å². The molecule has 1 heterocycles. The first kappa shape index (κ1) is 15.7. The fraction of sp³-hybridized carbons (Fsp3) is 0.333. The smallest absolute Gasteiger partial charge is 0.296 e. The van der Waals surface area contributed by atoms with Crippen LogP contribution in [0.2, 0.25) is 10.0 Å². The van der Waals surface area contributed by atoms with E-state index in [0.29, 0.717) is 15.7 Å². The summed E-state index contributed by atoms with van der Waals surface area (Å²) in [7, 11) is 0. The van der Waals surface area contributed by atoms with Crippen molar-refractivity contribution < 1.29 is 9.59 Å². The van der Waals surface area contributed by atoms with Gasteiger partial charge in [-0.15, -0.1) is 6.42 Å². The lowest BCUT2D eigenvalue weighted by Crippen LogP contribution is -2.48. The zero-order chi connectivity index (χ0) is 15.9. The maximum Gasteiger partial charge on any atom is 0.333 e. The van der Waals surface area contributed by atoms with Crippen molar-refractivity contribution in [2.24, 2.45) is 0 Å². The van der Waals surface area contributed by atoms with E-state index in [1.165, 1.54) is 23.1 Å². The Morgan fingerprint density at radius 1 is 1.19 bits per heavy atom. The molecule has 1 unspecified atom stereocenters. The molecule has 0 bridgehead atoms. The molecule has 1 aliphatic rings. The van der Waals surface area contributed by atoms with Gasteiger partial charge in [0.1, 0.15) is 11.6 Å². The topological polar surface area (TPSA) is 40.6 Å². The van der Waals surface area contributed by atoms with Gasteiger partial charge >= 0.3 is 6.03 Å². The molecule has 1 aromatic rings. The van der Waals surface area contributed by atoms with E-state index in [-0.39, 0.29) is 5.91 Å². The van der Waals surface area contributed by atoms with Crippen LogP contribution in [0.25, 0.3) is 0 Å². The Morgan fingerprint density at radius 3 is 2.19 bits per heavy atom. The molecule has 1 aliphatic heterocycles. The van der Waals surface area contributed by atoms with Gasteiger partial charge in [0.05, 0.1) is 5.69 Å². The molecule has 0 radical (unpaired) electrons. The Hall–Kier alpha value is -1.70. The predicted molar refractivity (Wildman–Crippen MR) is 83.6 cm³/mol. The molecule has 1 saturated heterocycles. The quantitative estimate of drug-likeness (QED) is 0.616. The summed E-state index contributed by atoms with van der Waals surface area (Å²) in [6.07, 6.45) is 5.47. The number of amides is 3. The zero-order valence-electron chi connectivity index (χ0n) is 11.9. The monoisotopic (exact) mass is 324 g/mol. The zero-order valence-corrected chi connectivity index (χ0v) is 13.4. The molecule has 2 rings (SSSR count). The number of hydrogen-bond acceptors (Lipinski definition) is 2. The van der Waals surface area contributed by atoms with E-state index in [2.05, 4.69) is 5.92 Å². The van der Waals surface area contributed by atoms with Crippen molar-refractivity contribution in [3.8, 4) is 12.3 Å². The van der Waals surface area contributed by atoms with Crippen LogP contribution in [-0.4, -0.2) is 28.4 Å². The molecule has 1 atom stereocenters. The second-order valence-corrected chi connectivity index (χ2v) is 6.21. The van der Waals surface area contributed by atoms with Crippen molar-refractivity contribution in [2.45, 2.75) is 32.4 Å². The Balaban J connectivity index is 2.50. The molecular formula is C15H14Cl2N2O2. The average molecular weight is 325 g/mol. The molecule has 6 heteroatoms. The number of carbonyl (C=O) groups is 2. The molecule has 0 N–H and O–H groups in total. The van der Waals surface area contributed by atoms with Gasteiger partial charge in [0.15, 0.2) is 0 Å². The first-order valence-corrected chi connectivity index (χ1v) is 7.06. The van der Waals surface area contributed by atoms with E-state index < -0.39 is 17.6 Å². The van der Waals surface area contributed by atoms with Crippen LogP contribution < -0.4 is 4.90 Å². The number of urea groups is 1. The molecule has 110 valence electrons. The van der Waals surface area contributed by atoms with Gasteiger partial charge in [-0.25, -0.2) is 9.69 Å². The van der Waals surface area contributed by atoms with Crippen molar-refractivity contribution in [1.29, 1.82) is 0 Å². The summed E-state index contributed by atoms with van der Waals surface area (Å²) in [5.74, 6) is 2.17. The van der Waals surface area contributed by atoms with Crippen LogP contribution in [0.4, 0.5) is 10.5 Å². The first-order valence-electron chi connectivity index (χ1n) is 6.30. The summed E-state index contributed by atoms with van der Waals surface area (Å²) in [5.41, 5.74) is -0.534. The van der Waals surface area contributed by atoms with E-state index in [1.54, 1.807) is 20.8 Å². The Labute approximate surface area is 133 Å². The molecule has 1 fully saturated rings. The summed E-state index contributed by atoms with van der Waals surface area (Å²) in [5, 5.41) is 0.695. The number of anilines is 1. The summed E-state index contributed by atoms with van der Waals surface area (Å²) >= 11 is 11.9. The van der Waals surface area contributed by atoms with Crippen molar-refractivity contribution in [2.75, 3.05) is 4.90 Å². The van der Waals surface area contributed by atoms with Crippen LogP contribution >= 0.6 is 23.2 Å². The van der Waals surface area contributed by atoms with Crippen molar-refractivity contribution in [3.05, 3.63) is 28.2 Å². The van der Waals surface area contributed by atoms with Crippen LogP contribution in [0.15, 0.2) is 18.2 Å². The van der Waals surface area contributed by atoms with Crippen molar-refractivity contribution >= 4 is 40.8 Å². The molecule has 0 spiro atoms. The summed E-state index contributed by atoms with van der Waals surface area (Å²) in [6, 6.07) is 3.43. The van der Waals surface area contributed by atoms with E-state index in [4.69, 9.17) is 29.6 Å². The highest BCUT2D eigenvalue weighted by Crippen LogP contribution is 2.33. The number of hydrogen-bond donors (Lipinski definition) is 0. The highest BCUT2D eigenvalue weighted by Gasteiger charge is 2.49. The summed E-state index contributed by atoms with van der Waals surface area (Å²) < 4.78 is 0. The largest absolute Gasteiger partial charge is 0.333 e. The maximum atomic E-state index is 12.6. The minimum Gasteiger partial charge on any atom is -0.296 e. The lowest BCUT2D eigenvalue weighted by atomic mass is 10.0. The van der Waals surface area contributed by atoms with E-state index in [1.807, 2.05) is 0 Å². The fourth-order valence-corrected chi connectivity index (χ4v) is 2.88. The van der Waals surface area contributed by atoms with E-state index >= 15 is 0 Å². The molecule has 1 aromatic carbocycles. The van der Waals surface area contributed by atoms with E-state index in [9.17, 15) is 9.59 Å². The number of benzene rings is 1. The number of nitrogens with zero attached hydrogens (tertiary/aromatic N) is 2. The maximum absolute atomic E-state index is 12.6. The van der Waals surface area contributed by atoms with Crippen LogP contribution in [0.5, 0.6) is 0 Å². The third kappa shape index (κ3) is 2.59. The summed E-state index contributed by atoms with van der Waals surface area (Å²) in [4.78, 5) is 27.5. The Bertz CT molecular complexity index is 644. The minimum absolute atomic E-state index is 0.338. The standard InChI is InChI=1S/C15H14Cl2N2O2/c1-5-15(3,4)19-9(2)13(20)18(14(19)21)12-7-10(16)6-11(17)8-12/h1,6-9H,2-4H3. The number of rotatable bonds is 2. The predicted octanol–water partition coefficient (Wildman–Crippen LogP) is 3.56. The second-order valence-electron chi connectivity index (χ2n) is 5.33.